The molecular formula is C18H17N5O2. The fraction of sp³-hybridized carbons (Fsp3) is 0.222. The number of aromatic nitrogens is 3. The van der Waals surface area contributed by atoms with E-state index in [0.29, 0.717) is 17.8 Å². The summed E-state index contributed by atoms with van der Waals surface area (Å²) in [6, 6.07) is 10.5. The fourth-order valence-corrected chi connectivity index (χ4v) is 2.73. The van der Waals surface area contributed by atoms with E-state index in [1.54, 1.807) is 16.6 Å². The zero-order valence-corrected chi connectivity index (χ0v) is 14.0. The smallest absolute Gasteiger partial charge is 0.266 e. The lowest BCUT2D eigenvalue weighted by atomic mass is 10.1. The molecule has 2 N–H and O–H groups in total. The Bertz CT molecular complexity index is 1040. The highest BCUT2D eigenvalue weighted by Crippen LogP contribution is 2.14. The van der Waals surface area contributed by atoms with Crippen LogP contribution in [0.2, 0.25) is 0 Å². The maximum absolute atomic E-state index is 12.3. The third kappa shape index (κ3) is 3.43. The van der Waals surface area contributed by atoms with Gasteiger partial charge < -0.3 is 5.32 Å². The second-order valence-electron chi connectivity index (χ2n) is 5.84. The summed E-state index contributed by atoms with van der Waals surface area (Å²) in [6.07, 6.45) is 0.178. The van der Waals surface area contributed by atoms with E-state index >= 15 is 0 Å². The average Bonchev–Trinajstić information content (AvgIpc) is 2.97. The minimum absolute atomic E-state index is 0.133. The summed E-state index contributed by atoms with van der Waals surface area (Å²) < 4.78 is 1.60. The quantitative estimate of drug-likeness (QED) is 0.751. The molecule has 0 saturated carbocycles. The zero-order chi connectivity index (χ0) is 18.0. The van der Waals surface area contributed by atoms with Crippen molar-refractivity contribution in [2.75, 3.05) is 0 Å². The Morgan fingerprint density at radius 3 is 2.72 bits per heavy atom. The van der Waals surface area contributed by atoms with Gasteiger partial charge in [0, 0.05) is 29.6 Å². The Balaban J connectivity index is 1.73. The van der Waals surface area contributed by atoms with Gasteiger partial charge in [-0.3, -0.25) is 14.7 Å². The molecule has 0 bridgehead atoms. The number of hydrogen-bond acceptors (Lipinski definition) is 4. The number of fused-ring (bicyclic) bond motifs is 1. The molecule has 7 nitrogen and oxygen atoms in total. The predicted molar refractivity (Wildman–Crippen MR) is 92.0 cm³/mol. The molecule has 0 saturated heterocycles. The lowest BCUT2D eigenvalue weighted by Crippen LogP contribution is -2.25. The number of nitrogens with one attached hydrogen (secondary N) is 2. The molecule has 0 aliphatic carbocycles. The molecule has 0 spiro atoms. The third-order valence-electron chi connectivity index (χ3n) is 4.11. The standard InChI is InChI=1S/C18H17N5O2/c1-11-15(12(2)23-16(21-11)8-18(25)22-23)7-17(24)20-10-14-5-3-13(9-19)4-6-14/h3-6,8H,7,10H2,1-2H3,(H,20,24)(H,22,25). The van der Waals surface area contributed by atoms with Crippen LogP contribution < -0.4 is 10.9 Å². The molecule has 3 aromatic rings. The Kier molecular flexibility index (Phi) is 4.35. The van der Waals surface area contributed by atoms with Crippen molar-refractivity contribution in [2.45, 2.75) is 26.8 Å². The molecule has 0 unspecified atom stereocenters. The third-order valence-corrected chi connectivity index (χ3v) is 4.11. The number of nitriles is 1. The number of hydrogen-bond donors (Lipinski definition) is 2. The Morgan fingerprint density at radius 1 is 1.32 bits per heavy atom. The van der Waals surface area contributed by atoms with Crippen LogP contribution in [0.5, 0.6) is 0 Å². The van der Waals surface area contributed by atoms with E-state index < -0.39 is 0 Å². The van der Waals surface area contributed by atoms with Gasteiger partial charge in [0.1, 0.15) is 0 Å². The van der Waals surface area contributed by atoms with E-state index in [4.69, 9.17) is 5.26 Å². The van der Waals surface area contributed by atoms with Gasteiger partial charge in [0.25, 0.3) is 5.56 Å². The zero-order valence-electron chi connectivity index (χ0n) is 14.0. The number of aryl methyl sites for hydroxylation is 2. The second kappa shape index (κ2) is 6.61. The first-order valence-electron chi connectivity index (χ1n) is 7.81. The summed E-state index contributed by atoms with van der Waals surface area (Å²) in [4.78, 5) is 28.1. The summed E-state index contributed by atoms with van der Waals surface area (Å²) in [7, 11) is 0. The number of benzene rings is 1. The Hall–Kier alpha value is -3.40. The molecular weight excluding hydrogens is 318 g/mol. The van der Waals surface area contributed by atoms with Crippen LogP contribution >= 0.6 is 0 Å². The molecule has 0 atom stereocenters. The fourth-order valence-electron chi connectivity index (χ4n) is 2.73. The molecule has 0 aliphatic heterocycles. The van der Waals surface area contributed by atoms with E-state index in [-0.39, 0.29) is 17.9 Å². The summed E-state index contributed by atoms with van der Waals surface area (Å²) >= 11 is 0. The van der Waals surface area contributed by atoms with Gasteiger partial charge in [-0.2, -0.15) is 5.26 Å². The molecule has 2 heterocycles. The van der Waals surface area contributed by atoms with Gasteiger partial charge in [-0.1, -0.05) is 12.1 Å². The van der Waals surface area contributed by atoms with Gasteiger partial charge in [0.15, 0.2) is 5.65 Å². The van der Waals surface area contributed by atoms with Gasteiger partial charge in [-0.05, 0) is 31.5 Å². The molecule has 0 fully saturated rings. The lowest BCUT2D eigenvalue weighted by molar-refractivity contribution is -0.120. The molecule has 0 radical (unpaired) electrons. The van der Waals surface area contributed by atoms with Gasteiger partial charge in [0.2, 0.25) is 5.91 Å². The molecule has 1 aromatic carbocycles. The number of aromatic amines is 1. The number of carbonyl (C=O) groups excluding carboxylic acids is 1. The van der Waals surface area contributed by atoms with Crippen LogP contribution in [-0.2, 0) is 17.8 Å². The second-order valence-corrected chi connectivity index (χ2v) is 5.84. The molecule has 1 amide bonds. The topological polar surface area (TPSA) is 103 Å². The van der Waals surface area contributed by atoms with Crippen molar-refractivity contribution < 1.29 is 4.79 Å². The first kappa shape index (κ1) is 16.5. The highest BCUT2D eigenvalue weighted by Gasteiger charge is 2.14. The average molecular weight is 335 g/mol. The van der Waals surface area contributed by atoms with Gasteiger partial charge in [-0.15, -0.1) is 0 Å². The van der Waals surface area contributed by atoms with Crippen LogP contribution in [0.1, 0.15) is 28.1 Å². The molecule has 2 aromatic heterocycles. The van der Waals surface area contributed by atoms with Crippen molar-refractivity contribution in [1.29, 1.82) is 5.26 Å². The first-order chi connectivity index (χ1) is 12.0. The summed E-state index contributed by atoms with van der Waals surface area (Å²) in [5.41, 5.74) is 4.13. The number of amides is 1. The molecule has 126 valence electrons. The van der Waals surface area contributed by atoms with Crippen molar-refractivity contribution in [3.63, 3.8) is 0 Å². The lowest BCUT2D eigenvalue weighted by Gasteiger charge is -2.11. The van der Waals surface area contributed by atoms with Crippen LogP contribution in [0, 0.1) is 25.2 Å². The summed E-state index contributed by atoms with van der Waals surface area (Å²) in [6.45, 7) is 4.06. The number of H-pyrrole nitrogens is 1. The van der Waals surface area contributed by atoms with Crippen molar-refractivity contribution in [1.82, 2.24) is 19.9 Å². The SMILES string of the molecule is Cc1nc2cc(=O)[nH]n2c(C)c1CC(=O)NCc1ccc(C#N)cc1. The largest absolute Gasteiger partial charge is 0.352 e. The molecule has 7 heteroatoms. The van der Waals surface area contributed by atoms with Crippen molar-refractivity contribution in [2.24, 2.45) is 0 Å². The van der Waals surface area contributed by atoms with Crippen LogP contribution in [0.4, 0.5) is 0 Å². The van der Waals surface area contributed by atoms with Gasteiger partial charge >= 0.3 is 0 Å². The van der Waals surface area contributed by atoms with E-state index in [0.717, 1.165) is 22.5 Å². The Labute approximate surface area is 143 Å². The monoisotopic (exact) mass is 335 g/mol. The predicted octanol–water partition coefficient (Wildman–Crippen LogP) is 1.37. The highest BCUT2D eigenvalue weighted by atomic mass is 16.1. The maximum atomic E-state index is 12.3. The van der Waals surface area contributed by atoms with E-state index in [2.05, 4.69) is 21.5 Å². The minimum atomic E-state index is -0.225. The highest BCUT2D eigenvalue weighted by molar-refractivity contribution is 5.79. The molecule has 0 aliphatic rings. The maximum Gasteiger partial charge on any atom is 0.266 e. The molecule has 25 heavy (non-hydrogen) atoms. The van der Waals surface area contributed by atoms with E-state index in [1.165, 1.54) is 6.07 Å². The summed E-state index contributed by atoms with van der Waals surface area (Å²) in [5.74, 6) is -0.133. The number of nitrogens with zero attached hydrogens (tertiary/aromatic N) is 3. The minimum Gasteiger partial charge on any atom is -0.352 e. The van der Waals surface area contributed by atoms with Gasteiger partial charge in [-0.25, -0.2) is 9.50 Å². The van der Waals surface area contributed by atoms with E-state index in [1.807, 2.05) is 26.0 Å². The van der Waals surface area contributed by atoms with Crippen LogP contribution in [0.3, 0.4) is 0 Å². The summed E-state index contributed by atoms with van der Waals surface area (Å²) in [5, 5.41) is 14.3. The normalized spacial score (nSPS) is 10.6. The van der Waals surface area contributed by atoms with Crippen molar-refractivity contribution >= 4 is 11.6 Å². The number of rotatable bonds is 4. The van der Waals surface area contributed by atoms with Crippen LogP contribution in [-0.4, -0.2) is 20.5 Å². The van der Waals surface area contributed by atoms with Crippen LogP contribution in [0.25, 0.3) is 5.65 Å². The van der Waals surface area contributed by atoms with Crippen molar-refractivity contribution in [3.05, 3.63) is 68.8 Å². The van der Waals surface area contributed by atoms with Crippen LogP contribution in [0.15, 0.2) is 35.1 Å². The van der Waals surface area contributed by atoms with Gasteiger partial charge in [0.05, 0.1) is 18.1 Å². The number of carbonyl (C=O) groups is 1. The Morgan fingerprint density at radius 2 is 2.04 bits per heavy atom. The van der Waals surface area contributed by atoms with Crippen molar-refractivity contribution in [3.8, 4) is 6.07 Å². The van der Waals surface area contributed by atoms with E-state index in [9.17, 15) is 9.59 Å². The molecule has 3 rings (SSSR count). The first-order valence-corrected chi connectivity index (χ1v) is 7.81.